The summed E-state index contributed by atoms with van der Waals surface area (Å²) in [6.07, 6.45) is 0.271. The number of thioether (sulfide) groups is 1. The first-order valence-electron chi connectivity index (χ1n) is 10.3. The lowest BCUT2D eigenvalue weighted by molar-refractivity contribution is -0.139. The first kappa shape index (κ1) is 21.7. The second kappa shape index (κ2) is 9.34. The summed E-state index contributed by atoms with van der Waals surface area (Å²) < 4.78 is 6.23. The predicted molar refractivity (Wildman–Crippen MR) is 128 cm³/mol. The van der Waals surface area contributed by atoms with Crippen LogP contribution in [0, 0.1) is 0 Å². The molecule has 0 saturated carbocycles. The summed E-state index contributed by atoms with van der Waals surface area (Å²) in [5, 5.41) is 0. The van der Waals surface area contributed by atoms with E-state index in [2.05, 4.69) is 0 Å². The van der Waals surface area contributed by atoms with Crippen molar-refractivity contribution in [3.05, 3.63) is 76.7 Å². The Labute approximate surface area is 192 Å². The van der Waals surface area contributed by atoms with Gasteiger partial charge in [-0.2, -0.15) is 0 Å². The zero-order valence-electron chi connectivity index (χ0n) is 17.5. The highest BCUT2D eigenvalue weighted by molar-refractivity contribution is 8.27. The Morgan fingerprint density at radius 2 is 1.61 bits per heavy atom. The highest BCUT2D eigenvalue weighted by Gasteiger charge is 2.38. The topological polar surface area (TPSA) is 49.9 Å². The monoisotopic (exact) mass is 452 g/mol. The molecule has 5 nitrogen and oxygen atoms in total. The first-order chi connectivity index (χ1) is 14.9. The van der Waals surface area contributed by atoms with E-state index in [1.54, 1.807) is 4.90 Å². The molecule has 0 aromatic heterocycles. The van der Waals surface area contributed by atoms with Gasteiger partial charge in [-0.05, 0) is 31.5 Å². The van der Waals surface area contributed by atoms with Crippen LogP contribution in [0.5, 0.6) is 0 Å². The van der Waals surface area contributed by atoms with Crippen LogP contribution in [0.4, 0.5) is 5.69 Å². The van der Waals surface area contributed by atoms with Crippen molar-refractivity contribution >= 4 is 45.8 Å². The highest BCUT2D eigenvalue weighted by atomic mass is 32.2. The lowest BCUT2D eigenvalue weighted by Crippen LogP contribution is -2.49. The molecule has 2 amide bonds. The number of anilines is 1. The van der Waals surface area contributed by atoms with E-state index >= 15 is 0 Å². The Morgan fingerprint density at radius 1 is 1.03 bits per heavy atom. The summed E-state index contributed by atoms with van der Waals surface area (Å²) in [6, 6.07) is 19.1. The Kier molecular flexibility index (Phi) is 6.55. The van der Waals surface area contributed by atoms with Crippen LogP contribution in [-0.4, -0.2) is 46.3 Å². The number of rotatable bonds is 4. The molecule has 2 saturated heterocycles. The fourth-order valence-electron chi connectivity index (χ4n) is 3.94. The Bertz CT molecular complexity index is 1010. The van der Waals surface area contributed by atoms with Gasteiger partial charge in [0, 0.05) is 25.1 Å². The molecule has 31 heavy (non-hydrogen) atoms. The van der Waals surface area contributed by atoms with Crippen LogP contribution in [0.15, 0.2) is 71.1 Å². The smallest absolute Gasteiger partial charge is 0.271 e. The molecule has 7 heteroatoms. The van der Waals surface area contributed by atoms with E-state index in [0.29, 0.717) is 40.0 Å². The summed E-state index contributed by atoms with van der Waals surface area (Å²) in [5.41, 5.74) is 2.17. The third kappa shape index (κ3) is 4.74. The second-order valence-corrected chi connectivity index (χ2v) is 9.43. The molecule has 2 atom stereocenters. The molecule has 2 aromatic rings. The molecule has 2 aromatic carbocycles. The number of carbonyl (C=O) groups excluding carboxylic acids is 2. The number of amides is 2. The lowest BCUT2D eigenvalue weighted by atomic mass is 10.0. The fourth-order valence-corrected chi connectivity index (χ4v) is 5.29. The number of para-hydroxylation sites is 1. The van der Waals surface area contributed by atoms with Gasteiger partial charge in [0.05, 0.1) is 22.8 Å². The maximum Gasteiger partial charge on any atom is 0.271 e. The molecule has 2 fully saturated rings. The fraction of sp³-hybridized carbons (Fsp3) is 0.292. The Balaban J connectivity index is 1.73. The molecule has 2 aliphatic rings. The summed E-state index contributed by atoms with van der Waals surface area (Å²) in [6.45, 7) is 4.92. The first-order valence-corrected chi connectivity index (χ1v) is 11.5. The van der Waals surface area contributed by atoms with Crippen molar-refractivity contribution in [2.24, 2.45) is 0 Å². The van der Waals surface area contributed by atoms with Gasteiger partial charge in [0.25, 0.3) is 11.8 Å². The number of morpholine rings is 1. The zero-order valence-corrected chi connectivity index (χ0v) is 19.1. The maximum atomic E-state index is 13.7. The molecule has 0 bridgehead atoms. The quantitative estimate of drug-likeness (QED) is 0.514. The summed E-state index contributed by atoms with van der Waals surface area (Å²) in [5.74, 6) is -0.366. The minimum Gasteiger partial charge on any atom is -0.372 e. The molecule has 0 spiro atoms. The standard InChI is InChI=1S/C24H24N2O3S2/c1-16-14-25(15-17(2)29-16)22(27)20(13-18-9-5-3-6-10-18)21-23(28)26(24(30)31-21)19-11-7-4-8-12-19/h3-12,16-17H,13-15H2,1-2H3/b21-20+. The van der Waals surface area contributed by atoms with Gasteiger partial charge in [-0.25, -0.2) is 0 Å². The molecule has 0 radical (unpaired) electrons. The number of hydrogen-bond acceptors (Lipinski definition) is 5. The number of hydrogen-bond donors (Lipinski definition) is 0. The molecule has 2 heterocycles. The number of ether oxygens (including phenoxy) is 1. The molecule has 160 valence electrons. The average molecular weight is 453 g/mol. The molecule has 4 rings (SSSR count). The molecular weight excluding hydrogens is 428 g/mol. The number of nitrogens with zero attached hydrogens (tertiary/aromatic N) is 2. The SMILES string of the molecule is CC1CN(C(=O)/C(Cc2ccccc2)=C2/SC(=S)N(c3ccccc3)C2=O)CC(C)O1. The van der Waals surface area contributed by atoms with Crippen LogP contribution in [0.3, 0.4) is 0 Å². The van der Waals surface area contributed by atoms with E-state index in [1.165, 1.54) is 16.7 Å². The maximum absolute atomic E-state index is 13.7. The van der Waals surface area contributed by atoms with Crippen molar-refractivity contribution in [2.45, 2.75) is 32.5 Å². The summed E-state index contributed by atoms with van der Waals surface area (Å²) >= 11 is 6.74. The van der Waals surface area contributed by atoms with E-state index in [-0.39, 0.29) is 24.0 Å². The number of thiocarbonyl (C=S) groups is 1. The molecular formula is C24H24N2O3S2. The van der Waals surface area contributed by atoms with Crippen LogP contribution in [0.1, 0.15) is 19.4 Å². The van der Waals surface area contributed by atoms with E-state index in [1.807, 2.05) is 74.5 Å². The minimum absolute atomic E-state index is 0.0514. The van der Waals surface area contributed by atoms with Gasteiger partial charge in [-0.1, -0.05) is 72.5 Å². The largest absolute Gasteiger partial charge is 0.372 e. The van der Waals surface area contributed by atoms with E-state index in [0.717, 1.165) is 5.56 Å². The van der Waals surface area contributed by atoms with Gasteiger partial charge in [-0.15, -0.1) is 0 Å². The summed E-state index contributed by atoms with van der Waals surface area (Å²) in [7, 11) is 0. The van der Waals surface area contributed by atoms with Gasteiger partial charge in [0.15, 0.2) is 4.32 Å². The van der Waals surface area contributed by atoms with Crippen LogP contribution in [0.2, 0.25) is 0 Å². The van der Waals surface area contributed by atoms with E-state index < -0.39 is 0 Å². The molecule has 2 unspecified atom stereocenters. The minimum atomic E-state index is -0.241. The van der Waals surface area contributed by atoms with Gasteiger partial charge in [0.2, 0.25) is 0 Å². The molecule has 2 aliphatic heterocycles. The molecule has 0 aliphatic carbocycles. The third-order valence-corrected chi connectivity index (χ3v) is 6.66. The average Bonchev–Trinajstić information content (AvgIpc) is 3.06. The molecule has 0 N–H and O–H groups in total. The predicted octanol–water partition coefficient (Wildman–Crippen LogP) is 4.18. The number of benzene rings is 2. The highest BCUT2D eigenvalue weighted by Crippen LogP contribution is 2.38. The Morgan fingerprint density at radius 3 is 2.23 bits per heavy atom. The van der Waals surface area contributed by atoms with Crippen molar-refractivity contribution < 1.29 is 14.3 Å². The second-order valence-electron chi connectivity index (χ2n) is 7.78. The van der Waals surface area contributed by atoms with Crippen molar-refractivity contribution in [3.63, 3.8) is 0 Å². The lowest BCUT2D eigenvalue weighted by Gasteiger charge is -2.36. The normalized spacial score (nSPS) is 23.3. The van der Waals surface area contributed by atoms with E-state index in [4.69, 9.17) is 17.0 Å². The summed E-state index contributed by atoms with van der Waals surface area (Å²) in [4.78, 5) is 30.8. The van der Waals surface area contributed by atoms with Crippen LogP contribution >= 0.6 is 24.0 Å². The van der Waals surface area contributed by atoms with Gasteiger partial charge >= 0.3 is 0 Å². The van der Waals surface area contributed by atoms with Gasteiger partial charge in [-0.3, -0.25) is 14.5 Å². The third-order valence-electron chi connectivity index (χ3n) is 5.25. The van der Waals surface area contributed by atoms with Crippen LogP contribution < -0.4 is 4.90 Å². The number of carbonyl (C=O) groups is 2. The van der Waals surface area contributed by atoms with E-state index in [9.17, 15) is 9.59 Å². The Hall–Kier alpha value is -2.48. The van der Waals surface area contributed by atoms with Crippen molar-refractivity contribution in [2.75, 3.05) is 18.0 Å². The van der Waals surface area contributed by atoms with Crippen molar-refractivity contribution in [1.82, 2.24) is 4.90 Å². The van der Waals surface area contributed by atoms with Crippen LogP contribution in [0.25, 0.3) is 0 Å². The van der Waals surface area contributed by atoms with Crippen molar-refractivity contribution in [3.8, 4) is 0 Å². The van der Waals surface area contributed by atoms with Crippen LogP contribution in [-0.2, 0) is 20.7 Å². The zero-order chi connectivity index (χ0) is 22.0. The van der Waals surface area contributed by atoms with Gasteiger partial charge in [0.1, 0.15) is 0 Å². The van der Waals surface area contributed by atoms with Crippen molar-refractivity contribution in [1.29, 1.82) is 0 Å². The van der Waals surface area contributed by atoms with Gasteiger partial charge < -0.3 is 9.64 Å².